The summed E-state index contributed by atoms with van der Waals surface area (Å²) in [6.07, 6.45) is 1.85. The molecule has 168 valence electrons. The number of nitrogens with zero attached hydrogens (tertiary/aromatic N) is 3. The number of benzene rings is 2. The molecule has 3 aromatic rings. The van der Waals surface area contributed by atoms with Crippen molar-refractivity contribution in [3.8, 4) is 11.4 Å². The number of aromatic nitrogens is 2. The first-order valence-electron chi connectivity index (χ1n) is 11.1. The average molecular weight is 453 g/mol. The SMILES string of the molecule is Cc1ccc(C(C)NC(=O)C2CCCN(Cc3nc(-c4ccccc4Cl)no3)C2)cc1C. The van der Waals surface area contributed by atoms with E-state index in [1.165, 1.54) is 11.1 Å². The molecule has 2 unspecified atom stereocenters. The molecule has 2 atom stereocenters. The number of amides is 1. The Hall–Kier alpha value is -2.70. The highest BCUT2D eigenvalue weighted by atomic mass is 35.5. The van der Waals surface area contributed by atoms with Crippen molar-refractivity contribution >= 4 is 17.5 Å². The van der Waals surface area contributed by atoms with E-state index in [2.05, 4.69) is 52.4 Å². The zero-order valence-corrected chi connectivity index (χ0v) is 19.5. The summed E-state index contributed by atoms with van der Waals surface area (Å²) in [5, 5.41) is 7.86. The lowest BCUT2D eigenvalue weighted by molar-refractivity contribution is -0.127. The zero-order valence-electron chi connectivity index (χ0n) is 18.8. The summed E-state index contributed by atoms with van der Waals surface area (Å²) in [5.41, 5.74) is 4.38. The maximum absolute atomic E-state index is 13.0. The maximum Gasteiger partial charge on any atom is 0.241 e. The van der Waals surface area contributed by atoms with Crippen molar-refractivity contribution in [1.82, 2.24) is 20.4 Å². The zero-order chi connectivity index (χ0) is 22.7. The van der Waals surface area contributed by atoms with Crippen molar-refractivity contribution in [3.63, 3.8) is 0 Å². The van der Waals surface area contributed by atoms with Crippen LogP contribution >= 0.6 is 11.6 Å². The Morgan fingerprint density at radius 2 is 2.06 bits per heavy atom. The quantitative estimate of drug-likeness (QED) is 0.563. The van der Waals surface area contributed by atoms with Crippen LogP contribution in [0.5, 0.6) is 0 Å². The molecule has 1 aliphatic heterocycles. The number of carbonyl (C=O) groups is 1. The van der Waals surface area contributed by atoms with Crippen LogP contribution in [-0.2, 0) is 11.3 Å². The number of likely N-dealkylation sites (tertiary alicyclic amines) is 1. The Morgan fingerprint density at radius 3 is 2.84 bits per heavy atom. The van der Waals surface area contributed by atoms with Gasteiger partial charge in [0.2, 0.25) is 17.6 Å². The number of carbonyl (C=O) groups excluding carboxylic acids is 1. The highest BCUT2D eigenvalue weighted by Crippen LogP contribution is 2.26. The summed E-state index contributed by atoms with van der Waals surface area (Å²) in [4.78, 5) is 19.7. The van der Waals surface area contributed by atoms with E-state index in [4.69, 9.17) is 16.1 Å². The molecular formula is C25H29ClN4O2. The minimum absolute atomic E-state index is 0.0219. The molecule has 2 aromatic carbocycles. The van der Waals surface area contributed by atoms with E-state index >= 15 is 0 Å². The summed E-state index contributed by atoms with van der Waals surface area (Å²) >= 11 is 6.24. The van der Waals surface area contributed by atoms with Crippen molar-refractivity contribution in [2.75, 3.05) is 13.1 Å². The largest absolute Gasteiger partial charge is 0.349 e. The summed E-state index contributed by atoms with van der Waals surface area (Å²) in [5.74, 6) is 1.06. The third-order valence-corrected chi connectivity index (χ3v) is 6.54. The molecule has 1 saturated heterocycles. The minimum atomic E-state index is -0.0521. The van der Waals surface area contributed by atoms with Crippen LogP contribution in [0.25, 0.3) is 11.4 Å². The Labute approximate surface area is 194 Å². The van der Waals surface area contributed by atoms with Crippen LogP contribution in [0, 0.1) is 19.8 Å². The number of piperidine rings is 1. The van der Waals surface area contributed by atoms with Crippen LogP contribution in [0.3, 0.4) is 0 Å². The number of hydrogen-bond donors (Lipinski definition) is 1. The molecule has 1 N–H and O–H groups in total. The summed E-state index contributed by atoms with van der Waals surface area (Å²) in [6, 6.07) is 13.8. The Morgan fingerprint density at radius 1 is 1.25 bits per heavy atom. The molecule has 1 amide bonds. The van der Waals surface area contributed by atoms with Gasteiger partial charge in [-0.2, -0.15) is 4.98 Å². The van der Waals surface area contributed by atoms with E-state index in [0.717, 1.165) is 30.5 Å². The normalized spacial score (nSPS) is 17.8. The molecule has 0 aliphatic carbocycles. The van der Waals surface area contributed by atoms with E-state index in [0.29, 0.717) is 29.8 Å². The van der Waals surface area contributed by atoms with E-state index in [1.807, 2.05) is 25.1 Å². The molecule has 6 nitrogen and oxygen atoms in total. The van der Waals surface area contributed by atoms with Crippen LogP contribution in [-0.4, -0.2) is 34.0 Å². The lowest BCUT2D eigenvalue weighted by Gasteiger charge is -2.31. The number of halogens is 1. The fourth-order valence-electron chi connectivity index (χ4n) is 4.12. The number of nitrogens with one attached hydrogen (secondary N) is 1. The first-order valence-corrected chi connectivity index (χ1v) is 11.5. The topological polar surface area (TPSA) is 71.3 Å². The lowest BCUT2D eigenvalue weighted by atomic mass is 9.96. The summed E-state index contributed by atoms with van der Waals surface area (Å²) in [6.45, 7) is 8.33. The van der Waals surface area contributed by atoms with Gasteiger partial charge in [0, 0.05) is 12.1 Å². The molecular weight excluding hydrogens is 424 g/mol. The molecule has 1 aromatic heterocycles. The van der Waals surface area contributed by atoms with Crippen molar-refractivity contribution in [3.05, 3.63) is 70.1 Å². The fraction of sp³-hybridized carbons (Fsp3) is 0.400. The van der Waals surface area contributed by atoms with Crippen molar-refractivity contribution < 1.29 is 9.32 Å². The van der Waals surface area contributed by atoms with Gasteiger partial charge in [-0.3, -0.25) is 9.69 Å². The number of aryl methyl sites for hydroxylation is 2. The van der Waals surface area contributed by atoms with Crippen LogP contribution in [0.2, 0.25) is 5.02 Å². The Kier molecular flexibility index (Phi) is 6.92. The van der Waals surface area contributed by atoms with Crippen molar-refractivity contribution in [2.45, 2.75) is 46.2 Å². The number of hydrogen-bond acceptors (Lipinski definition) is 5. The van der Waals surface area contributed by atoms with Gasteiger partial charge in [0.1, 0.15) is 0 Å². The van der Waals surface area contributed by atoms with Crippen molar-refractivity contribution in [1.29, 1.82) is 0 Å². The molecule has 2 heterocycles. The second-order valence-corrected chi connectivity index (χ2v) is 9.05. The van der Waals surface area contributed by atoms with Crippen LogP contribution in [0.15, 0.2) is 47.0 Å². The fourth-order valence-corrected chi connectivity index (χ4v) is 4.34. The van der Waals surface area contributed by atoms with Gasteiger partial charge >= 0.3 is 0 Å². The molecule has 1 aliphatic rings. The predicted molar refractivity (Wildman–Crippen MR) is 125 cm³/mol. The molecule has 4 rings (SSSR count). The van der Waals surface area contributed by atoms with E-state index in [9.17, 15) is 4.79 Å². The lowest BCUT2D eigenvalue weighted by Crippen LogP contribution is -2.43. The highest BCUT2D eigenvalue weighted by molar-refractivity contribution is 6.33. The van der Waals surface area contributed by atoms with Crippen LogP contribution < -0.4 is 5.32 Å². The molecule has 7 heteroatoms. The van der Waals surface area contributed by atoms with Crippen LogP contribution in [0.4, 0.5) is 0 Å². The highest BCUT2D eigenvalue weighted by Gasteiger charge is 2.28. The van der Waals surface area contributed by atoms with Gasteiger partial charge in [0.25, 0.3) is 0 Å². The van der Waals surface area contributed by atoms with Gasteiger partial charge in [0.15, 0.2) is 0 Å². The van der Waals surface area contributed by atoms with Gasteiger partial charge in [0.05, 0.1) is 23.5 Å². The Balaban J connectivity index is 1.35. The summed E-state index contributed by atoms with van der Waals surface area (Å²) < 4.78 is 5.45. The molecule has 1 fully saturated rings. The van der Waals surface area contributed by atoms with Gasteiger partial charge in [-0.1, -0.05) is 47.1 Å². The molecule has 0 bridgehead atoms. The van der Waals surface area contributed by atoms with Crippen LogP contribution in [0.1, 0.15) is 48.4 Å². The summed E-state index contributed by atoms with van der Waals surface area (Å²) in [7, 11) is 0. The predicted octanol–water partition coefficient (Wildman–Crippen LogP) is 5.10. The molecule has 0 radical (unpaired) electrons. The average Bonchev–Trinajstić information content (AvgIpc) is 3.24. The molecule has 32 heavy (non-hydrogen) atoms. The third kappa shape index (κ3) is 5.19. The maximum atomic E-state index is 13.0. The third-order valence-electron chi connectivity index (χ3n) is 6.21. The van der Waals surface area contributed by atoms with E-state index in [1.54, 1.807) is 6.07 Å². The van der Waals surface area contributed by atoms with Crippen molar-refractivity contribution in [2.24, 2.45) is 5.92 Å². The smallest absolute Gasteiger partial charge is 0.241 e. The Bertz CT molecular complexity index is 1100. The van der Waals surface area contributed by atoms with E-state index in [-0.39, 0.29) is 17.9 Å². The molecule has 0 spiro atoms. The monoisotopic (exact) mass is 452 g/mol. The first kappa shape index (κ1) is 22.5. The van der Waals surface area contributed by atoms with Gasteiger partial charge < -0.3 is 9.84 Å². The second-order valence-electron chi connectivity index (χ2n) is 8.64. The first-order chi connectivity index (χ1) is 15.4. The minimum Gasteiger partial charge on any atom is -0.349 e. The number of rotatable bonds is 6. The molecule has 0 saturated carbocycles. The van der Waals surface area contributed by atoms with Gasteiger partial charge in [-0.15, -0.1) is 0 Å². The second kappa shape index (κ2) is 9.84. The van der Waals surface area contributed by atoms with E-state index < -0.39 is 0 Å². The van der Waals surface area contributed by atoms with Gasteiger partial charge in [-0.25, -0.2) is 0 Å². The van der Waals surface area contributed by atoms with Gasteiger partial charge in [-0.05, 0) is 69.0 Å². The standard InChI is InChI=1S/C25H29ClN4O2/c1-16-10-11-19(13-17(16)2)18(3)27-25(31)20-7-6-12-30(14-20)15-23-28-24(29-32-23)21-8-4-5-9-22(21)26/h4-5,8-11,13,18,20H,6-7,12,14-15H2,1-3H3,(H,27,31).